The molecule has 0 aromatic heterocycles. The molecule has 0 radical (unpaired) electrons. The molecule has 0 aliphatic heterocycles. The lowest BCUT2D eigenvalue weighted by Gasteiger charge is -1.87. The molecule has 6 heteroatoms. The molecule has 0 aliphatic carbocycles. The lowest BCUT2D eigenvalue weighted by atomic mass is 10.5. The summed E-state index contributed by atoms with van der Waals surface area (Å²) < 4.78 is 8.37. The Hall–Kier alpha value is -1.59. The van der Waals surface area contributed by atoms with Gasteiger partial charge in [-0.15, -0.1) is 0 Å². The van der Waals surface area contributed by atoms with Crippen molar-refractivity contribution in [3.8, 4) is 0 Å². The largest absolute Gasteiger partial charge is 0.481 e. The molecule has 0 aromatic rings. The zero-order valence-electron chi connectivity index (χ0n) is 10.4. The van der Waals surface area contributed by atoms with E-state index in [1.165, 1.54) is 21.1 Å². The molecule has 0 fully saturated rings. The molecule has 0 heterocycles. The average Bonchev–Trinajstić information content (AvgIpc) is 2.29. The number of carboxylic acids is 1. The number of hydrogen-bond donors (Lipinski definition) is 1. The zero-order valence-corrected chi connectivity index (χ0v) is 10.4. The highest BCUT2D eigenvalue weighted by atomic mass is 16.5. The van der Waals surface area contributed by atoms with Crippen LogP contribution in [0.15, 0.2) is 0 Å². The molecule has 0 amide bonds. The zero-order chi connectivity index (χ0) is 13.6. The quantitative estimate of drug-likeness (QED) is 0.754. The van der Waals surface area contributed by atoms with E-state index >= 15 is 0 Å². The van der Waals surface area contributed by atoms with Crippen molar-refractivity contribution in [2.75, 3.05) is 14.2 Å². The first-order valence-electron chi connectivity index (χ1n) is 4.68. The summed E-state index contributed by atoms with van der Waals surface area (Å²) in [6, 6.07) is 0. The van der Waals surface area contributed by atoms with E-state index < -0.39 is 5.97 Å². The van der Waals surface area contributed by atoms with Gasteiger partial charge in [-0.2, -0.15) is 0 Å². The van der Waals surface area contributed by atoms with Gasteiger partial charge in [-0.25, -0.2) is 0 Å². The van der Waals surface area contributed by atoms with Gasteiger partial charge in [0.2, 0.25) is 0 Å². The molecule has 0 unspecified atom stereocenters. The van der Waals surface area contributed by atoms with E-state index in [1.54, 1.807) is 13.8 Å². The van der Waals surface area contributed by atoms with Crippen molar-refractivity contribution in [2.24, 2.45) is 0 Å². The second-order valence-corrected chi connectivity index (χ2v) is 2.37. The van der Waals surface area contributed by atoms with Crippen molar-refractivity contribution in [3.05, 3.63) is 0 Å². The van der Waals surface area contributed by atoms with Gasteiger partial charge in [-0.3, -0.25) is 14.4 Å². The lowest BCUT2D eigenvalue weighted by molar-refractivity contribution is -0.140. The molecule has 0 aliphatic rings. The van der Waals surface area contributed by atoms with Gasteiger partial charge in [-0.05, 0) is 0 Å². The summed E-state index contributed by atoms with van der Waals surface area (Å²) in [5.41, 5.74) is 0. The normalized spacial score (nSPS) is 6.88. The van der Waals surface area contributed by atoms with Crippen LogP contribution in [0.4, 0.5) is 0 Å². The highest BCUT2D eigenvalue weighted by molar-refractivity contribution is 5.68. The molecule has 17 heavy (non-hydrogen) atoms. The number of carbonyl (C=O) groups is 3. The van der Waals surface area contributed by atoms with E-state index in [4.69, 9.17) is 5.11 Å². The third kappa shape index (κ3) is 54.0. The fourth-order valence-corrected chi connectivity index (χ4v) is 0.144. The van der Waals surface area contributed by atoms with Crippen molar-refractivity contribution in [2.45, 2.75) is 41.0 Å². The summed E-state index contributed by atoms with van der Waals surface area (Å²) >= 11 is 0. The van der Waals surface area contributed by atoms with E-state index in [0.29, 0.717) is 6.42 Å². The maximum atomic E-state index is 9.96. The minimum absolute atomic E-state index is 0. The fourth-order valence-electron chi connectivity index (χ4n) is 0.144. The van der Waals surface area contributed by atoms with E-state index in [9.17, 15) is 14.4 Å². The lowest BCUT2D eigenvalue weighted by Crippen LogP contribution is -1.94. The maximum absolute atomic E-state index is 9.96. The highest BCUT2D eigenvalue weighted by Crippen LogP contribution is 1.76. The summed E-state index contributed by atoms with van der Waals surface area (Å²) in [6.45, 7) is 4.72. The minimum Gasteiger partial charge on any atom is -0.481 e. The van der Waals surface area contributed by atoms with Gasteiger partial charge in [0.25, 0.3) is 0 Å². The van der Waals surface area contributed by atoms with Crippen LogP contribution in [0.3, 0.4) is 0 Å². The molecule has 0 saturated carbocycles. The minimum atomic E-state index is -0.745. The van der Waals surface area contributed by atoms with Crippen LogP contribution in [0.2, 0.25) is 0 Å². The SMILES string of the molecule is C.CCC(=O)O.CCC(=O)OC.COC(C)=O. The summed E-state index contributed by atoms with van der Waals surface area (Å²) in [7, 11) is 2.73. The van der Waals surface area contributed by atoms with Gasteiger partial charge >= 0.3 is 17.9 Å². The van der Waals surface area contributed by atoms with Crippen LogP contribution < -0.4 is 0 Å². The molecule has 6 nitrogen and oxygen atoms in total. The Morgan fingerprint density at radius 2 is 1.29 bits per heavy atom. The van der Waals surface area contributed by atoms with Crippen LogP contribution in [-0.2, 0) is 23.9 Å². The van der Waals surface area contributed by atoms with Gasteiger partial charge in [0.15, 0.2) is 0 Å². The maximum Gasteiger partial charge on any atom is 0.305 e. The third-order valence-corrected chi connectivity index (χ3v) is 1.11. The Bertz CT molecular complexity index is 180. The molecule has 0 spiro atoms. The number of aliphatic carboxylic acids is 1. The molecule has 0 bridgehead atoms. The molecule has 0 saturated heterocycles. The Morgan fingerprint density at radius 3 is 1.29 bits per heavy atom. The van der Waals surface area contributed by atoms with Crippen molar-refractivity contribution in [1.82, 2.24) is 0 Å². The summed E-state index contributed by atoms with van der Waals surface area (Å²) in [4.78, 5) is 28.9. The second kappa shape index (κ2) is 19.9. The smallest absolute Gasteiger partial charge is 0.305 e. The van der Waals surface area contributed by atoms with Gasteiger partial charge in [0.1, 0.15) is 0 Å². The molecule has 1 N–H and O–H groups in total. The van der Waals surface area contributed by atoms with E-state index in [-0.39, 0.29) is 25.8 Å². The predicted molar refractivity (Wildman–Crippen MR) is 64.7 cm³/mol. The van der Waals surface area contributed by atoms with Gasteiger partial charge in [0, 0.05) is 19.8 Å². The van der Waals surface area contributed by atoms with Crippen LogP contribution >= 0.6 is 0 Å². The van der Waals surface area contributed by atoms with Crippen LogP contribution in [0.1, 0.15) is 41.0 Å². The Balaban J connectivity index is -0.0000000729. The molecule has 0 atom stereocenters. The van der Waals surface area contributed by atoms with E-state index in [2.05, 4.69) is 9.47 Å². The Kier molecular flexibility index (Phi) is 28.8. The van der Waals surface area contributed by atoms with Crippen LogP contribution in [0.5, 0.6) is 0 Å². The van der Waals surface area contributed by atoms with Crippen molar-refractivity contribution < 1.29 is 29.0 Å². The molecule has 104 valence electrons. The van der Waals surface area contributed by atoms with Gasteiger partial charge in [-0.1, -0.05) is 21.3 Å². The molecule has 0 aromatic carbocycles. The number of ether oxygens (including phenoxy) is 2. The molecular formula is C11H24O6. The number of rotatable bonds is 2. The van der Waals surface area contributed by atoms with Crippen LogP contribution in [0.25, 0.3) is 0 Å². The number of methoxy groups -OCH3 is 2. The standard InChI is InChI=1S/C4H8O2.2C3H6O2.CH4/c1-3-4(5)6-2;1-3(4)5-2;1-2-3(4)5;/h3H2,1-2H3;1-2H3;2H2,1H3,(H,4,5);1H4. The number of hydrogen-bond acceptors (Lipinski definition) is 5. The summed E-state index contributed by atoms with van der Waals surface area (Å²) in [6.07, 6.45) is 0.691. The predicted octanol–water partition coefficient (Wildman–Crippen LogP) is 1.87. The van der Waals surface area contributed by atoms with Crippen molar-refractivity contribution in [1.29, 1.82) is 0 Å². The monoisotopic (exact) mass is 252 g/mol. The molecule has 0 rings (SSSR count). The van der Waals surface area contributed by atoms with E-state index in [1.807, 2.05) is 0 Å². The summed E-state index contributed by atoms with van der Waals surface area (Å²) in [5, 5.41) is 7.72. The summed E-state index contributed by atoms with van der Waals surface area (Å²) in [5.74, 6) is -1.15. The topological polar surface area (TPSA) is 89.9 Å². The first-order valence-corrected chi connectivity index (χ1v) is 4.68. The first-order chi connectivity index (χ1) is 7.35. The highest BCUT2D eigenvalue weighted by Gasteiger charge is 1.87. The molecular weight excluding hydrogens is 228 g/mol. The second-order valence-electron chi connectivity index (χ2n) is 2.37. The van der Waals surface area contributed by atoms with Crippen LogP contribution in [-0.4, -0.2) is 37.2 Å². The average molecular weight is 252 g/mol. The van der Waals surface area contributed by atoms with Crippen molar-refractivity contribution >= 4 is 17.9 Å². The van der Waals surface area contributed by atoms with Gasteiger partial charge < -0.3 is 14.6 Å². The fraction of sp³-hybridized carbons (Fsp3) is 0.727. The Labute approximate surface area is 103 Å². The third-order valence-electron chi connectivity index (χ3n) is 1.11. The van der Waals surface area contributed by atoms with Gasteiger partial charge in [0.05, 0.1) is 14.2 Å². The Morgan fingerprint density at radius 1 is 1.00 bits per heavy atom. The first kappa shape index (κ1) is 24.6. The van der Waals surface area contributed by atoms with Crippen LogP contribution in [0, 0.1) is 0 Å². The number of carbonyl (C=O) groups excluding carboxylic acids is 2. The number of esters is 2. The van der Waals surface area contributed by atoms with E-state index in [0.717, 1.165) is 0 Å². The number of carboxylic acid groups (broad SMARTS) is 1. The van der Waals surface area contributed by atoms with Crippen molar-refractivity contribution in [3.63, 3.8) is 0 Å².